The minimum Gasteiger partial charge on any atom is -0.389 e. The quantitative estimate of drug-likeness (QED) is 0.784. The van der Waals surface area contributed by atoms with E-state index >= 15 is 0 Å². The van der Waals surface area contributed by atoms with Gasteiger partial charge in [-0.3, -0.25) is 4.90 Å². The van der Waals surface area contributed by atoms with E-state index in [-0.39, 0.29) is 11.6 Å². The number of aliphatic hydroxyl groups excluding tert-OH is 1. The summed E-state index contributed by atoms with van der Waals surface area (Å²) in [7, 11) is 0. The van der Waals surface area contributed by atoms with Crippen molar-refractivity contribution in [3.05, 3.63) is 48.0 Å². The number of nitrogens with one attached hydrogen (secondary N) is 1. The average Bonchev–Trinajstić information content (AvgIpc) is 2.70. The topological polar surface area (TPSA) is 65.0 Å². The van der Waals surface area contributed by atoms with Gasteiger partial charge in [0.15, 0.2) is 0 Å². The number of urea groups is 1. The molecule has 1 fully saturated rings. The zero-order valence-corrected chi connectivity index (χ0v) is 17.7. The van der Waals surface area contributed by atoms with Crippen molar-refractivity contribution in [1.82, 2.24) is 15.1 Å². The first-order valence-corrected chi connectivity index (χ1v) is 10.4. The monoisotopic (exact) mass is 399 g/mol. The van der Waals surface area contributed by atoms with Crippen molar-refractivity contribution in [2.75, 3.05) is 39.3 Å². The highest BCUT2D eigenvalue weighted by Crippen LogP contribution is 2.18. The summed E-state index contributed by atoms with van der Waals surface area (Å²) in [6.07, 6.45) is -0.513. The van der Waals surface area contributed by atoms with E-state index < -0.39 is 6.10 Å². The van der Waals surface area contributed by atoms with Crippen LogP contribution in [0.15, 0.2) is 42.5 Å². The zero-order chi connectivity index (χ0) is 20.9. The number of hydrogen-bond acceptors (Lipinski definition) is 4. The lowest BCUT2D eigenvalue weighted by atomic mass is 10.0. The van der Waals surface area contributed by atoms with Crippen LogP contribution in [0.5, 0.6) is 0 Å². The van der Waals surface area contributed by atoms with Crippen LogP contribution in [-0.4, -0.2) is 72.0 Å². The smallest absolute Gasteiger partial charge is 0.317 e. The minimum atomic E-state index is -0.513. The van der Waals surface area contributed by atoms with Crippen LogP contribution in [-0.2, 0) is 11.3 Å². The molecule has 3 rings (SSSR count). The molecule has 0 aliphatic carbocycles. The van der Waals surface area contributed by atoms with E-state index in [1.807, 2.05) is 43.9 Å². The van der Waals surface area contributed by atoms with Crippen LogP contribution in [0.25, 0.3) is 10.8 Å². The molecule has 6 heteroatoms. The molecule has 29 heavy (non-hydrogen) atoms. The van der Waals surface area contributed by atoms with Crippen molar-refractivity contribution < 1.29 is 14.6 Å². The van der Waals surface area contributed by atoms with Gasteiger partial charge in [-0.2, -0.15) is 0 Å². The number of carbonyl (C=O) groups excluding carboxylic acids is 1. The highest BCUT2D eigenvalue weighted by Gasteiger charge is 2.23. The Morgan fingerprint density at radius 2 is 1.79 bits per heavy atom. The molecular weight excluding hydrogens is 366 g/mol. The van der Waals surface area contributed by atoms with Crippen LogP contribution in [0.3, 0.4) is 0 Å². The molecule has 6 nitrogen and oxygen atoms in total. The molecule has 2 N–H and O–H groups in total. The van der Waals surface area contributed by atoms with Gasteiger partial charge in [-0.15, -0.1) is 0 Å². The van der Waals surface area contributed by atoms with Gasteiger partial charge in [-0.25, -0.2) is 4.79 Å². The lowest BCUT2D eigenvalue weighted by molar-refractivity contribution is -0.0579. The van der Waals surface area contributed by atoms with E-state index in [1.54, 1.807) is 0 Å². The number of ether oxygens (including phenoxy) is 1. The van der Waals surface area contributed by atoms with E-state index in [0.29, 0.717) is 32.8 Å². The first-order chi connectivity index (χ1) is 13.8. The fourth-order valence-corrected chi connectivity index (χ4v) is 3.56. The Balaban J connectivity index is 1.43. The number of hydrogen-bond donors (Lipinski definition) is 2. The van der Waals surface area contributed by atoms with Crippen LogP contribution in [0.4, 0.5) is 4.79 Å². The molecule has 0 spiro atoms. The Kier molecular flexibility index (Phi) is 7.11. The summed E-state index contributed by atoms with van der Waals surface area (Å²) in [6.45, 7) is 10.2. The Morgan fingerprint density at radius 3 is 2.52 bits per heavy atom. The molecule has 0 aromatic heterocycles. The molecule has 1 atom stereocenters. The second-order valence-corrected chi connectivity index (χ2v) is 8.66. The molecular formula is C23H33N3O3. The normalized spacial score (nSPS) is 16.8. The van der Waals surface area contributed by atoms with Crippen molar-refractivity contribution in [3.8, 4) is 0 Å². The summed E-state index contributed by atoms with van der Waals surface area (Å²) in [5, 5.41) is 15.6. The molecule has 158 valence electrons. The SMILES string of the molecule is CC(C)(C)OC[C@@H](O)CN1CCN(C(=O)NCc2cccc3ccccc23)CC1. The summed E-state index contributed by atoms with van der Waals surface area (Å²) in [5.41, 5.74) is 0.874. The Labute approximate surface area is 173 Å². The Bertz CT molecular complexity index is 805. The number of benzene rings is 2. The summed E-state index contributed by atoms with van der Waals surface area (Å²) >= 11 is 0. The Morgan fingerprint density at radius 1 is 1.10 bits per heavy atom. The molecule has 0 bridgehead atoms. The van der Waals surface area contributed by atoms with Crippen molar-refractivity contribution in [3.63, 3.8) is 0 Å². The number of rotatable bonds is 6. The number of nitrogens with zero attached hydrogens (tertiary/aromatic N) is 2. The summed E-state index contributed by atoms with van der Waals surface area (Å²) in [6, 6.07) is 14.4. The maximum Gasteiger partial charge on any atom is 0.317 e. The summed E-state index contributed by atoms with van der Waals surface area (Å²) < 4.78 is 5.65. The van der Waals surface area contributed by atoms with Crippen LogP contribution in [0.2, 0.25) is 0 Å². The summed E-state index contributed by atoms with van der Waals surface area (Å²) in [4.78, 5) is 16.6. The van der Waals surface area contributed by atoms with Crippen LogP contribution in [0, 0.1) is 0 Å². The van der Waals surface area contributed by atoms with E-state index in [9.17, 15) is 9.90 Å². The van der Waals surface area contributed by atoms with Crippen molar-refractivity contribution in [2.24, 2.45) is 0 Å². The third-order valence-corrected chi connectivity index (χ3v) is 5.15. The minimum absolute atomic E-state index is 0.0331. The lowest BCUT2D eigenvalue weighted by Gasteiger charge is -2.35. The molecule has 2 aromatic rings. The van der Waals surface area contributed by atoms with Crippen molar-refractivity contribution in [1.29, 1.82) is 0 Å². The largest absolute Gasteiger partial charge is 0.389 e. The predicted molar refractivity (Wildman–Crippen MR) is 116 cm³/mol. The number of amides is 2. The third-order valence-electron chi connectivity index (χ3n) is 5.15. The van der Waals surface area contributed by atoms with Gasteiger partial charge in [0, 0.05) is 39.3 Å². The molecule has 0 radical (unpaired) electrons. The molecule has 1 heterocycles. The van der Waals surface area contributed by atoms with Crippen LogP contribution >= 0.6 is 0 Å². The molecule has 1 saturated heterocycles. The maximum absolute atomic E-state index is 12.6. The van der Waals surface area contributed by atoms with Gasteiger partial charge in [-0.1, -0.05) is 42.5 Å². The third kappa shape index (κ3) is 6.42. The van der Waals surface area contributed by atoms with Crippen LogP contribution < -0.4 is 5.32 Å². The van der Waals surface area contributed by atoms with Gasteiger partial charge in [0.05, 0.1) is 18.3 Å². The van der Waals surface area contributed by atoms with Gasteiger partial charge in [0.25, 0.3) is 0 Å². The zero-order valence-electron chi connectivity index (χ0n) is 17.7. The highest BCUT2D eigenvalue weighted by molar-refractivity contribution is 5.86. The predicted octanol–water partition coefficient (Wildman–Crippen LogP) is 2.84. The van der Waals surface area contributed by atoms with E-state index in [1.165, 1.54) is 10.8 Å². The first-order valence-electron chi connectivity index (χ1n) is 10.4. The maximum atomic E-state index is 12.6. The van der Waals surface area contributed by atoms with Gasteiger partial charge < -0.3 is 20.1 Å². The van der Waals surface area contributed by atoms with E-state index in [2.05, 4.69) is 34.5 Å². The number of carbonyl (C=O) groups is 1. The van der Waals surface area contributed by atoms with E-state index in [0.717, 1.165) is 18.7 Å². The van der Waals surface area contributed by atoms with Crippen molar-refractivity contribution in [2.45, 2.75) is 39.0 Å². The fraction of sp³-hybridized carbons (Fsp3) is 0.522. The molecule has 0 saturated carbocycles. The van der Waals surface area contributed by atoms with Gasteiger partial charge in [0.2, 0.25) is 0 Å². The fourth-order valence-electron chi connectivity index (χ4n) is 3.56. The number of β-amino-alcohol motifs (C(OH)–C–C–N with tert-alkyl or cyclic N) is 1. The van der Waals surface area contributed by atoms with Gasteiger partial charge >= 0.3 is 6.03 Å². The first kappa shape index (κ1) is 21.6. The molecule has 1 aliphatic rings. The van der Waals surface area contributed by atoms with Crippen LogP contribution in [0.1, 0.15) is 26.3 Å². The lowest BCUT2D eigenvalue weighted by Crippen LogP contribution is -2.53. The summed E-state index contributed by atoms with van der Waals surface area (Å²) in [5.74, 6) is 0. The number of piperazine rings is 1. The van der Waals surface area contributed by atoms with Gasteiger partial charge in [0.1, 0.15) is 0 Å². The number of fused-ring (bicyclic) bond motifs is 1. The molecule has 2 amide bonds. The molecule has 2 aromatic carbocycles. The standard InChI is InChI=1S/C23H33N3O3/c1-23(2,3)29-17-20(27)16-25-11-13-26(14-12-25)22(28)24-15-19-9-6-8-18-7-4-5-10-21(18)19/h4-10,20,27H,11-17H2,1-3H3,(H,24,28)/t20-/m0/s1. The van der Waals surface area contributed by atoms with Crippen molar-refractivity contribution >= 4 is 16.8 Å². The number of aliphatic hydroxyl groups is 1. The second kappa shape index (κ2) is 9.57. The van der Waals surface area contributed by atoms with Gasteiger partial charge in [-0.05, 0) is 37.1 Å². The Hall–Kier alpha value is -2.15. The average molecular weight is 400 g/mol. The second-order valence-electron chi connectivity index (χ2n) is 8.66. The molecule has 0 unspecified atom stereocenters. The molecule has 1 aliphatic heterocycles. The van der Waals surface area contributed by atoms with E-state index in [4.69, 9.17) is 4.74 Å². The highest BCUT2D eigenvalue weighted by atomic mass is 16.5.